The summed E-state index contributed by atoms with van der Waals surface area (Å²) in [5.74, 6) is 1.05. The molecule has 2 heteroatoms. The molecule has 2 aromatic rings. The molecule has 2 nitrogen and oxygen atoms in total. The van der Waals surface area contributed by atoms with E-state index in [2.05, 4.69) is 81.5 Å². The Morgan fingerprint density at radius 1 is 0.958 bits per heavy atom. The molecule has 0 saturated carbocycles. The highest BCUT2D eigenvalue weighted by atomic mass is 16.5. The number of quaternary nitrogens is 1. The van der Waals surface area contributed by atoms with Crippen molar-refractivity contribution in [2.75, 3.05) is 13.2 Å². The normalized spacial score (nSPS) is 11.5. The monoisotopic (exact) mass is 326 g/mol. The highest BCUT2D eigenvalue weighted by Gasteiger charge is 2.18. The summed E-state index contributed by atoms with van der Waals surface area (Å²) < 4.78 is 6.10. The van der Waals surface area contributed by atoms with E-state index in [-0.39, 0.29) is 5.41 Å². The van der Waals surface area contributed by atoms with E-state index in [4.69, 9.17) is 4.74 Å². The number of hydrogen-bond acceptors (Lipinski definition) is 1. The van der Waals surface area contributed by atoms with Crippen LogP contribution in [0.1, 0.15) is 50.3 Å². The number of unbranched alkanes of at least 4 members (excludes halogenated alkanes) is 1. The Bertz CT molecular complexity index is 614. The van der Waals surface area contributed by atoms with Crippen molar-refractivity contribution in [1.29, 1.82) is 0 Å². The average Bonchev–Trinajstić information content (AvgIpc) is 2.54. The summed E-state index contributed by atoms with van der Waals surface area (Å²) in [4.78, 5) is 0. The molecular weight excluding hydrogens is 294 g/mol. The van der Waals surface area contributed by atoms with Crippen LogP contribution in [0.3, 0.4) is 0 Å². The average molecular weight is 327 g/mol. The van der Waals surface area contributed by atoms with E-state index >= 15 is 0 Å². The first kappa shape index (κ1) is 18.5. The van der Waals surface area contributed by atoms with Crippen LogP contribution >= 0.6 is 0 Å². The Labute approximate surface area is 147 Å². The van der Waals surface area contributed by atoms with Gasteiger partial charge in [-0.15, -0.1) is 0 Å². The number of aryl methyl sites for hydroxylation is 1. The fraction of sp³-hybridized carbons (Fsp3) is 0.455. The van der Waals surface area contributed by atoms with E-state index < -0.39 is 0 Å². The lowest BCUT2D eigenvalue weighted by Crippen LogP contribution is -2.82. The minimum atomic E-state index is 0.118. The van der Waals surface area contributed by atoms with Crippen molar-refractivity contribution < 1.29 is 10.1 Å². The third-order valence-corrected chi connectivity index (χ3v) is 4.23. The zero-order valence-corrected chi connectivity index (χ0v) is 15.6. The molecule has 0 aromatic heterocycles. The van der Waals surface area contributed by atoms with Gasteiger partial charge in [0.2, 0.25) is 0 Å². The molecule has 2 aromatic carbocycles. The largest absolute Gasteiger partial charge is 0.493 e. The predicted octanol–water partition coefficient (Wildman–Crippen LogP) is 4.22. The molecule has 0 amide bonds. The highest BCUT2D eigenvalue weighted by molar-refractivity contribution is 5.41. The van der Waals surface area contributed by atoms with Crippen LogP contribution in [0.4, 0.5) is 0 Å². The summed E-state index contributed by atoms with van der Waals surface area (Å²) in [6, 6.07) is 17.2. The van der Waals surface area contributed by atoms with E-state index in [1.54, 1.807) is 0 Å². The predicted molar refractivity (Wildman–Crippen MR) is 102 cm³/mol. The molecule has 0 fully saturated rings. The Hall–Kier alpha value is -1.80. The first-order valence-electron chi connectivity index (χ1n) is 9.06. The molecule has 0 bridgehead atoms. The van der Waals surface area contributed by atoms with Crippen LogP contribution < -0.4 is 10.1 Å². The van der Waals surface area contributed by atoms with Crippen molar-refractivity contribution in [3.63, 3.8) is 0 Å². The molecule has 0 aliphatic rings. The summed E-state index contributed by atoms with van der Waals surface area (Å²) in [6.07, 6.45) is 2.28. The van der Waals surface area contributed by atoms with Crippen LogP contribution in [0.25, 0.3) is 0 Å². The molecule has 2 N–H and O–H groups in total. The Kier molecular flexibility index (Phi) is 6.86. The number of hydrogen-bond donors (Lipinski definition) is 1. The molecular formula is C22H32NO+. The van der Waals surface area contributed by atoms with Crippen LogP contribution in [0.15, 0.2) is 48.5 Å². The van der Waals surface area contributed by atoms with Crippen molar-refractivity contribution in [2.45, 2.75) is 52.5 Å². The van der Waals surface area contributed by atoms with Gasteiger partial charge in [-0.05, 0) is 42.4 Å². The second-order valence-electron chi connectivity index (χ2n) is 7.57. The molecule has 130 valence electrons. The van der Waals surface area contributed by atoms with E-state index in [1.165, 1.54) is 23.1 Å². The van der Waals surface area contributed by atoms with Gasteiger partial charge in [-0.25, -0.2) is 0 Å². The van der Waals surface area contributed by atoms with E-state index in [0.717, 1.165) is 31.9 Å². The van der Waals surface area contributed by atoms with E-state index in [0.29, 0.717) is 0 Å². The van der Waals surface area contributed by atoms with E-state index in [1.807, 2.05) is 0 Å². The molecule has 24 heavy (non-hydrogen) atoms. The van der Waals surface area contributed by atoms with Gasteiger partial charge in [0.1, 0.15) is 12.3 Å². The lowest BCUT2D eigenvalue weighted by atomic mass is 9.86. The number of ether oxygens (including phenoxy) is 1. The van der Waals surface area contributed by atoms with Gasteiger partial charge in [0.05, 0.1) is 13.2 Å². The minimum Gasteiger partial charge on any atom is -0.493 e. The molecule has 2 rings (SSSR count). The number of benzene rings is 2. The molecule has 0 saturated heterocycles. The van der Waals surface area contributed by atoms with Gasteiger partial charge >= 0.3 is 0 Å². The van der Waals surface area contributed by atoms with Crippen LogP contribution in [0.2, 0.25) is 0 Å². The maximum Gasteiger partial charge on any atom is 0.123 e. The Morgan fingerprint density at radius 2 is 1.71 bits per heavy atom. The van der Waals surface area contributed by atoms with Crippen LogP contribution in [-0.2, 0) is 12.0 Å². The van der Waals surface area contributed by atoms with Crippen molar-refractivity contribution >= 4 is 0 Å². The zero-order valence-electron chi connectivity index (χ0n) is 15.6. The lowest BCUT2D eigenvalue weighted by molar-refractivity contribution is -0.671. The van der Waals surface area contributed by atoms with E-state index in [9.17, 15) is 0 Å². The second kappa shape index (κ2) is 8.89. The second-order valence-corrected chi connectivity index (χ2v) is 7.57. The van der Waals surface area contributed by atoms with Gasteiger partial charge in [0.15, 0.2) is 0 Å². The zero-order chi connectivity index (χ0) is 17.4. The van der Waals surface area contributed by atoms with Crippen molar-refractivity contribution in [3.8, 4) is 5.75 Å². The molecule has 0 aliphatic heterocycles. The number of rotatable bonds is 8. The molecule has 0 radical (unpaired) electrons. The maximum atomic E-state index is 6.10. The van der Waals surface area contributed by atoms with Crippen LogP contribution in [0, 0.1) is 6.92 Å². The fourth-order valence-electron chi connectivity index (χ4n) is 2.82. The number of nitrogens with two attached hydrogens (primary N) is 1. The van der Waals surface area contributed by atoms with Gasteiger partial charge < -0.3 is 10.1 Å². The Balaban J connectivity index is 1.70. The van der Waals surface area contributed by atoms with Gasteiger partial charge in [-0.1, -0.05) is 63.2 Å². The third-order valence-electron chi connectivity index (χ3n) is 4.23. The summed E-state index contributed by atoms with van der Waals surface area (Å²) in [6.45, 7) is 11.9. The quantitative estimate of drug-likeness (QED) is 0.722. The van der Waals surface area contributed by atoms with Crippen molar-refractivity contribution in [3.05, 3.63) is 65.2 Å². The smallest absolute Gasteiger partial charge is 0.123 e. The van der Waals surface area contributed by atoms with Crippen molar-refractivity contribution in [2.24, 2.45) is 0 Å². The maximum absolute atomic E-state index is 6.10. The van der Waals surface area contributed by atoms with Crippen LogP contribution in [0.5, 0.6) is 5.75 Å². The minimum absolute atomic E-state index is 0.118. The Morgan fingerprint density at radius 3 is 2.42 bits per heavy atom. The van der Waals surface area contributed by atoms with Gasteiger partial charge in [-0.3, -0.25) is 0 Å². The first-order valence-corrected chi connectivity index (χ1v) is 9.06. The topological polar surface area (TPSA) is 25.8 Å². The summed E-state index contributed by atoms with van der Waals surface area (Å²) in [5, 5.41) is 2.38. The summed E-state index contributed by atoms with van der Waals surface area (Å²) in [5.41, 5.74) is 4.06. The molecule has 0 spiro atoms. The standard InChI is InChI=1S/C22H31NO/c1-18-12-13-20(22(2,3)4)21(16-18)24-15-9-8-14-23-17-19-10-6-5-7-11-19/h5-7,10-13,16,23H,8-9,14-15,17H2,1-4H3/p+1. The van der Waals surface area contributed by atoms with Crippen LogP contribution in [-0.4, -0.2) is 13.2 Å². The SMILES string of the molecule is Cc1ccc(C(C)(C)C)c(OCCCC[NH2+]Cc2ccccc2)c1. The summed E-state index contributed by atoms with van der Waals surface area (Å²) >= 11 is 0. The molecule has 0 heterocycles. The third kappa shape index (κ3) is 6.01. The van der Waals surface area contributed by atoms with Crippen molar-refractivity contribution in [1.82, 2.24) is 0 Å². The molecule has 0 unspecified atom stereocenters. The highest BCUT2D eigenvalue weighted by Crippen LogP contribution is 2.32. The molecule has 0 aliphatic carbocycles. The fourth-order valence-corrected chi connectivity index (χ4v) is 2.82. The first-order chi connectivity index (χ1) is 11.5. The molecule has 0 atom stereocenters. The van der Waals surface area contributed by atoms with Gasteiger partial charge in [0.25, 0.3) is 0 Å². The van der Waals surface area contributed by atoms with Gasteiger partial charge in [0, 0.05) is 5.56 Å². The summed E-state index contributed by atoms with van der Waals surface area (Å²) in [7, 11) is 0. The lowest BCUT2D eigenvalue weighted by Gasteiger charge is -2.23. The van der Waals surface area contributed by atoms with Gasteiger partial charge in [-0.2, -0.15) is 0 Å².